The van der Waals surface area contributed by atoms with Crippen LogP contribution in [0.25, 0.3) is 0 Å². The largest absolute Gasteiger partial charge is 0.392 e. The molecule has 1 aromatic carbocycles. The van der Waals surface area contributed by atoms with Crippen molar-refractivity contribution in [3.63, 3.8) is 0 Å². The number of ether oxygens (including phenoxy) is 1. The normalized spacial score (nSPS) is 12.7. The third kappa shape index (κ3) is 4.81. The molecule has 5 nitrogen and oxygen atoms in total. The summed E-state index contributed by atoms with van der Waals surface area (Å²) in [4.78, 5) is -0.120. The molecule has 0 aliphatic heterocycles. The molecule has 120 valence electrons. The fourth-order valence-electron chi connectivity index (χ4n) is 1.72. The Balaban J connectivity index is 3.04. The quantitative estimate of drug-likeness (QED) is 0.787. The minimum Gasteiger partial charge on any atom is -0.392 e. The lowest BCUT2D eigenvalue weighted by Gasteiger charge is -2.25. The first kappa shape index (κ1) is 18.7. The second kappa shape index (κ2) is 7.26. The second-order valence-corrected chi connectivity index (χ2v) is 7.53. The highest BCUT2D eigenvalue weighted by Crippen LogP contribution is 2.31. The van der Waals surface area contributed by atoms with Gasteiger partial charge in [-0.3, -0.25) is 0 Å². The van der Waals surface area contributed by atoms with Gasteiger partial charge in [-0.2, -0.15) is 0 Å². The number of rotatable bonds is 7. The summed E-state index contributed by atoms with van der Waals surface area (Å²) in [6, 6.07) is 2.70. The zero-order valence-corrected chi connectivity index (χ0v) is 14.4. The van der Waals surface area contributed by atoms with Crippen LogP contribution in [0.15, 0.2) is 17.0 Å². The van der Waals surface area contributed by atoms with E-state index >= 15 is 0 Å². The summed E-state index contributed by atoms with van der Waals surface area (Å²) in [5.74, 6) is 0. The van der Waals surface area contributed by atoms with Gasteiger partial charge < -0.3 is 9.84 Å². The predicted molar refractivity (Wildman–Crippen MR) is 83.3 cm³/mol. The average molecular weight is 356 g/mol. The highest BCUT2D eigenvalue weighted by atomic mass is 35.5. The first-order valence-electron chi connectivity index (χ1n) is 6.36. The average Bonchev–Trinajstić information content (AvgIpc) is 2.37. The van der Waals surface area contributed by atoms with Crippen LogP contribution in [0.1, 0.15) is 26.3 Å². The lowest BCUT2D eigenvalue weighted by molar-refractivity contribution is -0.00515. The van der Waals surface area contributed by atoms with E-state index in [1.54, 1.807) is 13.8 Å². The third-order valence-electron chi connectivity index (χ3n) is 2.82. The predicted octanol–water partition coefficient (Wildman–Crippen LogP) is 2.58. The Morgan fingerprint density at radius 2 is 1.95 bits per heavy atom. The van der Waals surface area contributed by atoms with Crippen LogP contribution < -0.4 is 4.72 Å². The van der Waals surface area contributed by atoms with Crippen LogP contribution in [0.2, 0.25) is 10.0 Å². The number of benzene rings is 1. The number of halogens is 2. The van der Waals surface area contributed by atoms with Crippen molar-refractivity contribution >= 4 is 33.2 Å². The first-order chi connectivity index (χ1) is 9.64. The molecule has 21 heavy (non-hydrogen) atoms. The van der Waals surface area contributed by atoms with Crippen LogP contribution in [0.5, 0.6) is 0 Å². The zero-order chi connectivity index (χ0) is 16.3. The van der Waals surface area contributed by atoms with Gasteiger partial charge in [-0.25, -0.2) is 13.1 Å². The van der Waals surface area contributed by atoms with Crippen LogP contribution in [-0.2, 0) is 21.4 Å². The summed E-state index contributed by atoms with van der Waals surface area (Å²) >= 11 is 11.9. The van der Waals surface area contributed by atoms with E-state index in [1.807, 2.05) is 6.92 Å². The first-order valence-corrected chi connectivity index (χ1v) is 8.60. The van der Waals surface area contributed by atoms with E-state index in [0.29, 0.717) is 6.61 Å². The smallest absolute Gasteiger partial charge is 0.242 e. The van der Waals surface area contributed by atoms with Crippen molar-refractivity contribution in [3.8, 4) is 0 Å². The molecule has 0 saturated heterocycles. The lowest BCUT2D eigenvalue weighted by atomic mass is 10.1. The summed E-state index contributed by atoms with van der Waals surface area (Å²) in [6.07, 6.45) is 0. The van der Waals surface area contributed by atoms with Gasteiger partial charge in [-0.15, -0.1) is 0 Å². The van der Waals surface area contributed by atoms with E-state index in [1.165, 1.54) is 12.1 Å². The standard InChI is InChI=1S/C13H19Cl2NO4S/c1-4-20-13(2,3)8-16-21(18,19)11-6-5-10(14)9(7-17)12(11)15/h5-6,16-17H,4,7-8H2,1-3H3. The molecule has 0 radical (unpaired) electrons. The third-order valence-corrected chi connectivity index (χ3v) is 5.16. The van der Waals surface area contributed by atoms with Crippen LogP contribution in [0.4, 0.5) is 0 Å². The Morgan fingerprint density at radius 3 is 2.48 bits per heavy atom. The molecule has 0 atom stereocenters. The molecule has 2 N–H and O–H groups in total. The number of aliphatic hydroxyl groups is 1. The van der Waals surface area contributed by atoms with Crippen LogP contribution in [0.3, 0.4) is 0 Å². The Bertz CT molecular complexity index is 602. The highest BCUT2D eigenvalue weighted by molar-refractivity contribution is 7.89. The molecule has 1 rings (SSSR count). The Labute approximate surface area is 135 Å². The maximum atomic E-state index is 12.3. The number of hydrogen-bond donors (Lipinski definition) is 2. The molecule has 0 heterocycles. The fraction of sp³-hybridized carbons (Fsp3) is 0.538. The molecule has 0 aliphatic carbocycles. The summed E-state index contributed by atoms with van der Waals surface area (Å²) in [5, 5.41) is 9.36. The Morgan fingerprint density at radius 1 is 1.33 bits per heavy atom. The number of hydrogen-bond acceptors (Lipinski definition) is 4. The molecule has 0 unspecified atom stereocenters. The molecule has 1 aromatic rings. The molecule has 0 amide bonds. The van der Waals surface area contributed by atoms with E-state index in [4.69, 9.17) is 27.9 Å². The van der Waals surface area contributed by atoms with Crippen LogP contribution in [-0.4, -0.2) is 32.3 Å². The van der Waals surface area contributed by atoms with E-state index < -0.39 is 22.2 Å². The van der Waals surface area contributed by atoms with Crippen molar-refractivity contribution in [1.82, 2.24) is 4.72 Å². The molecule has 0 bridgehead atoms. The summed E-state index contributed by atoms with van der Waals surface area (Å²) in [5.41, 5.74) is -0.453. The topological polar surface area (TPSA) is 75.6 Å². The molecule has 0 fully saturated rings. The summed E-state index contributed by atoms with van der Waals surface area (Å²) in [7, 11) is -3.82. The second-order valence-electron chi connectivity index (χ2n) is 5.01. The molecule has 8 heteroatoms. The van der Waals surface area contributed by atoms with Crippen molar-refractivity contribution in [2.45, 2.75) is 37.9 Å². The molecular formula is C13H19Cl2NO4S. The van der Waals surface area contributed by atoms with Gasteiger partial charge in [0.1, 0.15) is 4.90 Å². The van der Waals surface area contributed by atoms with Gasteiger partial charge in [0.25, 0.3) is 0 Å². The van der Waals surface area contributed by atoms with Crippen molar-refractivity contribution < 1.29 is 18.3 Å². The molecular weight excluding hydrogens is 337 g/mol. The van der Waals surface area contributed by atoms with Gasteiger partial charge in [-0.1, -0.05) is 23.2 Å². The summed E-state index contributed by atoms with van der Waals surface area (Å²) in [6.45, 7) is 5.52. The Hall–Kier alpha value is -0.370. The minimum absolute atomic E-state index is 0.0771. The van der Waals surface area contributed by atoms with E-state index in [0.717, 1.165) is 0 Å². The number of sulfonamides is 1. The summed E-state index contributed by atoms with van der Waals surface area (Å²) < 4.78 is 32.5. The highest BCUT2D eigenvalue weighted by Gasteiger charge is 2.25. The van der Waals surface area contributed by atoms with Crippen molar-refractivity contribution in [2.75, 3.05) is 13.2 Å². The van der Waals surface area contributed by atoms with E-state index in [2.05, 4.69) is 4.72 Å². The van der Waals surface area contributed by atoms with Gasteiger partial charge in [0.05, 0.1) is 17.2 Å². The maximum Gasteiger partial charge on any atom is 0.242 e. The van der Waals surface area contributed by atoms with Crippen LogP contribution >= 0.6 is 23.2 Å². The molecule has 0 spiro atoms. The Kier molecular flexibility index (Phi) is 6.46. The van der Waals surface area contributed by atoms with Crippen molar-refractivity contribution in [3.05, 3.63) is 27.7 Å². The monoisotopic (exact) mass is 355 g/mol. The zero-order valence-electron chi connectivity index (χ0n) is 12.1. The van der Waals surface area contributed by atoms with Crippen LogP contribution in [0, 0.1) is 0 Å². The lowest BCUT2D eigenvalue weighted by Crippen LogP contribution is -2.40. The van der Waals surface area contributed by atoms with E-state index in [-0.39, 0.29) is 27.0 Å². The van der Waals surface area contributed by atoms with Gasteiger partial charge in [0, 0.05) is 23.7 Å². The van der Waals surface area contributed by atoms with Gasteiger partial charge in [-0.05, 0) is 32.9 Å². The van der Waals surface area contributed by atoms with E-state index in [9.17, 15) is 13.5 Å². The van der Waals surface area contributed by atoms with Gasteiger partial charge in [0.15, 0.2) is 0 Å². The van der Waals surface area contributed by atoms with Gasteiger partial charge in [0.2, 0.25) is 10.0 Å². The SMILES string of the molecule is CCOC(C)(C)CNS(=O)(=O)c1ccc(Cl)c(CO)c1Cl. The van der Waals surface area contributed by atoms with Crippen molar-refractivity contribution in [2.24, 2.45) is 0 Å². The van der Waals surface area contributed by atoms with Crippen molar-refractivity contribution in [1.29, 1.82) is 0 Å². The number of nitrogens with one attached hydrogen (secondary N) is 1. The maximum absolute atomic E-state index is 12.3. The molecule has 0 aromatic heterocycles. The molecule has 0 saturated carbocycles. The molecule has 0 aliphatic rings. The minimum atomic E-state index is -3.82. The van der Waals surface area contributed by atoms with Gasteiger partial charge >= 0.3 is 0 Å². The fourth-order valence-corrected chi connectivity index (χ4v) is 3.81. The number of aliphatic hydroxyl groups excluding tert-OH is 1.